The van der Waals surface area contributed by atoms with Gasteiger partial charge in [0.25, 0.3) is 0 Å². The third kappa shape index (κ3) is 3.96. The number of fused-ring (bicyclic) bond motifs is 1. The predicted molar refractivity (Wildman–Crippen MR) is 110 cm³/mol. The molecule has 2 heterocycles. The van der Waals surface area contributed by atoms with E-state index in [2.05, 4.69) is 14.5 Å². The van der Waals surface area contributed by atoms with Crippen molar-refractivity contribution in [1.29, 1.82) is 0 Å². The van der Waals surface area contributed by atoms with E-state index in [-0.39, 0.29) is 12.1 Å². The van der Waals surface area contributed by atoms with Crippen molar-refractivity contribution in [1.82, 2.24) is 14.5 Å². The molecule has 160 valence electrons. The maximum atomic E-state index is 11.8. The van der Waals surface area contributed by atoms with Gasteiger partial charge in [0.1, 0.15) is 11.9 Å². The Hall–Kier alpha value is -2.38. The molecule has 2 saturated carbocycles. The zero-order valence-corrected chi connectivity index (χ0v) is 17.3. The highest BCUT2D eigenvalue weighted by molar-refractivity contribution is 5.89. The molecule has 0 bridgehead atoms. The van der Waals surface area contributed by atoms with E-state index < -0.39 is 6.10 Å². The molecular weight excluding hydrogens is 382 g/mol. The van der Waals surface area contributed by atoms with Gasteiger partial charge in [-0.3, -0.25) is 4.90 Å². The summed E-state index contributed by atoms with van der Waals surface area (Å²) in [7, 11) is 1.37. The van der Waals surface area contributed by atoms with Gasteiger partial charge in [-0.25, -0.2) is 9.78 Å². The molecule has 0 amide bonds. The first-order valence-corrected chi connectivity index (χ1v) is 10.9. The lowest BCUT2D eigenvalue weighted by molar-refractivity contribution is -0.0231. The van der Waals surface area contributed by atoms with E-state index in [0.717, 1.165) is 32.5 Å². The molecule has 1 aromatic heterocycles. The number of ether oxygens (including phenoxy) is 2. The molecule has 1 aliphatic heterocycles. The van der Waals surface area contributed by atoms with E-state index in [1.54, 1.807) is 18.2 Å². The molecule has 1 aromatic carbocycles. The second kappa shape index (κ2) is 8.04. The first-order valence-electron chi connectivity index (χ1n) is 10.9. The molecule has 0 radical (unpaired) electrons. The molecule has 1 saturated heterocycles. The smallest absolute Gasteiger partial charge is 0.337 e. The predicted octanol–water partition coefficient (Wildman–Crippen LogP) is 2.65. The van der Waals surface area contributed by atoms with Crippen LogP contribution in [0.1, 0.15) is 47.8 Å². The molecule has 1 N–H and O–H groups in total. The van der Waals surface area contributed by atoms with Crippen LogP contribution in [0.5, 0.6) is 5.75 Å². The second-order valence-corrected chi connectivity index (χ2v) is 8.95. The minimum Gasteiger partial charge on any atom is -0.488 e. The summed E-state index contributed by atoms with van der Waals surface area (Å²) in [6.45, 7) is 2.96. The Kier molecular flexibility index (Phi) is 5.25. The summed E-state index contributed by atoms with van der Waals surface area (Å²) in [6.07, 6.45) is 7.31. The molecule has 2 aromatic rings. The fraction of sp³-hybridized carbons (Fsp3) is 0.565. The van der Waals surface area contributed by atoms with Gasteiger partial charge in [-0.2, -0.15) is 0 Å². The number of rotatable bonds is 6. The van der Waals surface area contributed by atoms with Crippen LogP contribution in [0.25, 0.3) is 0 Å². The van der Waals surface area contributed by atoms with Crippen molar-refractivity contribution in [2.24, 2.45) is 11.8 Å². The number of carbonyl (C=O) groups is 1. The summed E-state index contributed by atoms with van der Waals surface area (Å²) < 4.78 is 13.2. The summed E-state index contributed by atoms with van der Waals surface area (Å²) in [6, 6.07) is 7.64. The van der Waals surface area contributed by atoms with E-state index in [1.165, 1.54) is 25.6 Å². The number of imidazole rings is 1. The lowest BCUT2D eigenvalue weighted by Gasteiger charge is -2.35. The van der Waals surface area contributed by atoms with Gasteiger partial charge >= 0.3 is 5.97 Å². The van der Waals surface area contributed by atoms with Crippen molar-refractivity contribution >= 4 is 5.97 Å². The summed E-state index contributed by atoms with van der Waals surface area (Å²) in [4.78, 5) is 18.6. The van der Waals surface area contributed by atoms with Crippen molar-refractivity contribution in [3.8, 4) is 5.75 Å². The Morgan fingerprint density at radius 1 is 1.23 bits per heavy atom. The molecule has 2 aliphatic carbocycles. The van der Waals surface area contributed by atoms with Gasteiger partial charge in [0.2, 0.25) is 0 Å². The summed E-state index contributed by atoms with van der Waals surface area (Å²) in [5.74, 6) is 1.23. The fourth-order valence-corrected chi connectivity index (χ4v) is 5.10. The van der Waals surface area contributed by atoms with Gasteiger partial charge in [0, 0.05) is 31.9 Å². The van der Waals surface area contributed by atoms with Gasteiger partial charge in [-0.1, -0.05) is 6.07 Å². The van der Waals surface area contributed by atoms with E-state index >= 15 is 0 Å². The minimum atomic E-state index is -0.495. The molecule has 3 fully saturated rings. The number of aromatic nitrogens is 2. The molecular formula is C23H29N3O4. The number of benzene rings is 1. The summed E-state index contributed by atoms with van der Waals surface area (Å²) in [5, 5.41) is 10.7. The first kappa shape index (κ1) is 19.6. The Balaban J connectivity index is 1.22. The first-order chi connectivity index (χ1) is 14.6. The Morgan fingerprint density at radius 2 is 2.03 bits per heavy atom. The van der Waals surface area contributed by atoms with Crippen molar-refractivity contribution in [2.45, 2.75) is 50.5 Å². The standard InChI is InChI=1S/C23H29N3O4/c1-29-23(28)15-3-2-4-20(7-15)30-22-9-17-12-25(11-16(17)8-21(22)27)13-19-10-24-14-26(19)18-5-6-18/h2-4,7,10,14,16-18,21-22,27H,5-6,8-9,11-13H2,1H3/t16-,17+,21+,22+/m0/s1. The zero-order chi connectivity index (χ0) is 20.7. The normalized spacial score (nSPS) is 28.9. The summed E-state index contributed by atoms with van der Waals surface area (Å²) in [5.41, 5.74) is 1.75. The van der Waals surface area contributed by atoms with Crippen LogP contribution in [0.4, 0.5) is 0 Å². The molecule has 0 spiro atoms. The third-order valence-corrected chi connectivity index (χ3v) is 6.78. The molecule has 7 heteroatoms. The maximum absolute atomic E-state index is 11.8. The highest BCUT2D eigenvalue weighted by Gasteiger charge is 2.43. The van der Waals surface area contributed by atoms with Gasteiger partial charge in [-0.15, -0.1) is 0 Å². The molecule has 7 nitrogen and oxygen atoms in total. The number of aliphatic hydroxyl groups excluding tert-OH is 1. The lowest BCUT2D eigenvalue weighted by atomic mass is 9.78. The van der Waals surface area contributed by atoms with Crippen molar-refractivity contribution in [3.63, 3.8) is 0 Å². The number of esters is 1. The molecule has 3 aliphatic rings. The van der Waals surface area contributed by atoms with Crippen LogP contribution in [0.15, 0.2) is 36.8 Å². The van der Waals surface area contributed by atoms with E-state index in [1.807, 2.05) is 18.6 Å². The Morgan fingerprint density at radius 3 is 2.80 bits per heavy atom. The number of nitrogens with zero attached hydrogens (tertiary/aromatic N) is 3. The number of hydrogen-bond acceptors (Lipinski definition) is 6. The van der Waals surface area contributed by atoms with Crippen LogP contribution in [0.2, 0.25) is 0 Å². The maximum Gasteiger partial charge on any atom is 0.337 e. The monoisotopic (exact) mass is 411 g/mol. The van der Waals surface area contributed by atoms with E-state index in [0.29, 0.717) is 29.2 Å². The van der Waals surface area contributed by atoms with Crippen LogP contribution in [0.3, 0.4) is 0 Å². The van der Waals surface area contributed by atoms with Crippen LogP contribution in [0, 0.1) is 11.8 Å². The number of aliphatic hydroxyl groups is 1. The SMILES string of the molecule is COC(=O)c1cccc(O[C@@H]2C[C@@H]3CN(Cc4cncn4C4CC4)C[C@@H]3C[C@H]2O)c1. The molecule has 4 atom stereocenters. The number of methoxy groups -OCH3 is 1. The molecule has 30 heavy (non-hydrogen) atoms. The Bertz CT molecular complexity index is 909. The van der Waals surface area contributed by atoms with Crippen LogP contribution >= 0.6 is 0 Å². The molecule has 0 unspecified atom stereocenters. The number of carbonyl (C=O) groups excluding carboxylic acids is 1. The van der Waals surface area contributed by atoms with Gasteiger partial charge < -0.3 is 19.1 Å². The highest BCUT2D eigenvalue weighted by atomic mass is 16.5. The lowest BCUT2D eigenvalue weighted by Crippen LogP contribution is -2.42. The fourth-order valence-electron chi connectivity index (χ4n) is 5.10. The summed E-state index contributed by atoms with van der Waals surface area (Å²) >= 11 is 0. The average Bonchev–Trinajstić information content (AvgIpc) is 3.37. The number of likely N-dealkylation sites (tertiary alicyclic amines) is 1. The van der Waals surface area contributed by atoms with Crippen LogP contribution in [-0.4, -0.2) is 57.9 Å². The van der Waals surface area contributed by atoms with Crippen LogP contribution in [-0.2, 0) is 11.3 Å². The highest BCUT2D eigenvalue weighted by Crippen LogP contribution is 2.40. The largest absolute Gasteiger partial charge is 0.488 e. The van der Waals surface area contributed by atoms with Crippen molar-refractivity contribution in [3.05, 3.63) is 48.0 Å². The van der Waals surface area contributed by atoms with Gasteiger partial charge in [-0.05, 0) is 55.7 Å². The number of hydrogen-bond donors (Lipinski definition) is 1. The topological polar surface area (TPSA) is 76.8 Å². The zero-order valence-electron chi connectivity index (χ0n) is 17.3. The van der Waals surface area contributed by atoms with Crippen molar-refractivity contribution in [2.75, 3.05) is 20.2 Å². The quantitative estimate of drug-likeness (QED) is 0.737. The Labute approximate surface area is 176 Å². The van der Waals surface area contributed by atoms with Crippen molar-refractivity contribution < 1.29 is 19.4 Å². The second-order valence-electron chi connectivity index (χ2n) is 8.95. The average molecular weight is 412 g/mol. The van der Waals surface area contributed by atoms with E-state index in [4.69, 9.17) is 9.47 Å². The van der Waals surface area contributed by atoms with E-state index in [9.17, 15) is 9.90 Å². The van der Waals surface area contributed by atoms with Crippen LogP contribution < -0.4 is 4.74 Å². The van der Waals surface area contributed by atoms with Gasteiger partial charge in [0.15, 0.2) is 0 Å². The third-order valence-electron chi connectivity index (χ3n) is 6.78. The minimum absolute atomic E-state index is 0.254. The molecule has 5 rings (SSSR count). The van der Waals surface area contributed by atoms with Gasteiger partial charge in [0.05, 0.1) is 30.8 Å².